The Kier molecular flexibility index (Phi) is 5.87. The Morgan fingerprint density at radius 3 is 2.62 bits per heavy atom. The van der Waals surface area contributed by atoms with Crippen molar-refractivity contribution < 1.29 is 13.7 Å². The van der Waals surface area contributed by atoms with Crippen molar-refractivity contribution in [3.8, 4) is 11.4 Å². The molecule has 1 amide bonds. The zero-order valence-electron chi connectivity index (χ0n) is 15.6. The standard InChI is InChI=1S/C21H20ClFN4O2/c22-16-7-5-14(6-8-16)20-25-19(29-26-20)13-27-11-9-15(10-12-27)21(28)24-18-4-2-1-3-17(18)23/h1-8,15H,9-13H2,(H,24,28). The van der Waals surface area contributed by atoms with E-state index < -0.39 is 5.82 Å². The third-order valence-corrected chi connectivity index (χ3v) is 5.27. The molecule has 0 bridgehead atoms. The number of amides is 1. The molecule has 29 heavy (non-hydrogen) atoms. The second-order valence-electron chi connectivity index (χ2n) is 7.04. The molecular formula is C21H20ClFN4O2. The van der Waals surface area contributed by atoms with E-state index in [1.165, 1.54) is 6.07 Å². The number of nitrogens with zero attached hydrogens (tertiary/aromatic N) is 3. The number of piperidine rings is 1. The average molecular weight is 415 g/mol. The number of benzene rings is 2. The highest BCUT2D eigenvalue weighted by Crippen LogP contribution is 2.23. The molecule has 0 spiro atoms. The van der Waals surface area contributed by atoms with E-state index in [-0.39, 0.29) is 17.5 Å². The second-order valence-corrected chi connectivity index (χ2v) is 7.47. The van der Waals surface area contributed by atoms with Crippen LogP contribution in [0.1, 0.15) is 18.7 Å². The number of nitrogens with one attached hydrogen (secondary N) is 1. The molecule has 2 aromatic carbocycles. The van der Waals surface area contributed by atoms with Crippen LogP contribution in [0, 0.1) is 11.7 Å². The van der Waals surface area contributed by atoms with Crippen molar-refractivity contribution in [2.24, 2.45) is 5.92 Å². The maximum atomic E-state index is 13.7. The van der Waals surface area contributed by atoms with Gasteiger partial charge in [0.25, 0.3) is 0 Å². The second kappa shape index (κ2) is 8.71. The molecule has 0 radical (unpaired) electrons. The monoisotopic (exact) mass is 414 g/mol. The van der Waals surface area contributed by atoms with Crippen molar-refractivity contribution in [2.75, 3.05) is 18.4 Å². The van der Waals surface area contributed by atoms with Crippen LogP contribution < -0.4 is 5.32 Å². The minimum absolute atomic E-state index is 0.141. The van der Waals surface area contributed by atoms with Gasteiger partial charge in [-0.3, -0.25) is 9.69 Å². The van der Waals surface area contributed by atoms with Crippen LogP contribution in [-0.4, -0.2) is 34.0 Å². The van der Waals surface area contributed by atoms with Crippen LogP contribution in [0.5, 0.6) is 0 Å². The number of aromatic nitrogens is 2. The van der Waals surface area contributed by atoms with E-state index in [9.17, 15) is 9.18 Å². The Bertz CT molecular complexity index is 984. The fourth-order valence-electron chi connectivity index (χ4n) is 3.38. The predicted molar refractivity (Wildman–Crippen MR) is 108 cm³/mol. The average Bonchev–Trinajstić information content (AvgIpc) is 3.19. The van der Waals surface area contributed by atoms with Gasteiger partial charge in [-0.1, -0.05) is 28.9 Å². The van der Waals surface area contributed by atoms with Gasteiger partial charge in [-0.05, 0) is 62.3 Å². The molecule has 6 nitrogen and oxygen atoms in total. The van der Waals surface area contributed by atoms with Crippen molar-refractivity contribution in [3.63, 3.8) is 0 Å². The molecule has 1 aromatic heterocycles. The summed E-state index contributed by atoms with van der Waals surface area (Å²) in [5.74, 6) is 0.349. The Morgan fingerprint density at radius 1 is 1.17 bits per heavy atom. The van der Waals surface area contributed by atoms with E-state index in [1.807, 2.05) is 12.1 Å². The summed E-state index contributed by atoms with van der Waals surface area (Å²) in [6.45, 7) is 1.99. The fourth-order valence-corrected chi connectivity index (χ4v) is 3.50. The topological polar surface area (TPSA) is 71.3 Å². The number of halogens is 2. The first kappa shape index (κ1) is 19.5. The Balaban J connectivity index is 1.29. The molecule has 0 atom stereocenters. The van der Waals surface area contributed by atoms with Gasteiger partial charge in [-0.15, -0.1) is 0 Å². The van der Waals surface area contributed by atoms with Crippen LogP contribution in [0.25, 0.3) is 11.4 Å². The van der Waals surface area contributed by atoms with Crippen LogP contribution in [0.2, 0.25) is 5.02 Å². The summed E-state index contributed by atoms with van der Waals surface area (Å²) in [5.41, 5.74) is 1.06. The summed E-state index contributed by atoms with van der Waals surface area (Å²) in [7, 11) is 0. The highest BCUT2D eigenvalue weighted by Gasteiger charge is 2.26. The molecule has 1 N–H and O–H groups in total. The first-order valence-corrected chi connectivity index (χ1v) is 9.82. The van der Waals surface area contributed by atoms with Gasteiger partial charge in [0, 0.05) is 16.5 Å². The molecule has 1 aliphatic heterocycles. The van der Waals surface area contributed by atoms with E-state index in [2.05, 4.69) is 20.4 Å². The quantitative estimate of drug-likeness (QED) is 0.670. The number of hydrogen-bond donors (Lipinski definition) is 1. The minimum atomic E-state index is -0.425. The normalized spacial score (nSPS) is 15.4. The van der Waals surface area contributed by atoms with E-state index >= 15 is 0 Å². The summed E-state index contributed by atoms with van der Waals surface area (Å²) in [6, 6.07) is 13.4. The lowest BCUT2D eigenvalue weighted by Gasteiger charge is -2.30. The molecule has 3 aromatic rings. The molecule has 0 saturated carbocycles. The summed E-state index contributed by atoms with van der Waals surface area (Å²) in [5, 5.41) is 7.36. The van der Waals surface area contributed by atoms with Gasteiger partial charge in [0.05, 0.1) is 12.2 Å². The largest absolute Gasteiger partial charge is 0.338 e. The molecule has 8 heteroatoms. The van der Waals surface area contributed by atoms with E-state index in [0.29, 0.717) is 36.1 Å². The molecule has 4 rings (SSSR count). The van der Waals surface area contributed by atoms with Gasteiger partial charge in [-0.2, -0.15) is 4.98 Å². The van der Waals surface area contributed by atoms with Crippen LogP contribution >= 0.6 is 11.6 Å². The van der Waals surface area contributed by atoms with Crippen LogP contribution in [0.15, 0.2) is 53.1 Å². The lowest BCUT2D eigenvalue weighted by atomic mass is 9.96. The van der Waals surface area contributed by atoms with Crippen molar-refractivity contribution in [1.82, 2.24) is 15.0 Å². The molecule has 0 unspecified atom stereocenters. The number of hydrogen-bond acceptors (Lipinski definition) is 5. The molecule has 150 valence electrons. The van der Waals surface area contributed by atoms with Crippen LogP contribution in [0.3, 0.4) is 0 Å². The maximum absolute atomic E-state index is 13.7. The number of anilines is 1. The summed E-state index contributed by atoms with van der Waals surface area (Å²) in [6.07, 6.45) is 1.39. The van der Waals surface area contributed by atoms with Gasteiger partial charge in [0.2, 0.25) is 17.6 Å². The van der Waals surface area contributed by atoms with E-state index in [1.54, 1.807) is 30.3 Å². The minimum Gasteiger partial charge on any atom is -0.338 e. The fraction of sp³-hybridized carbons (Fsp3) is 0.286. The van der Waals surface area contributed by atoms with Crippen molar-refractivity contribution in [2.45, 2.75) is 19.4 Å². The number of carbonyl (C=O) groups excluding carboxylic acids is 1. The first-order valence-electron chi connectivity index (χ1n) is 9.45. The summed E-state index contributed by atoms with van der Waals surface area (Å²) in [4.78, 5) is 19.0. The molecule has 1 saturated heterocycles. The van der Waals surface area contributed by atoms with Crippen LogP contribution in [-0.2, 0) is 11.3 Å². The number of para-hydroxylation sites is 1. The highest BCUT2D eigenvalue weighted by atomic mass is 35.5. The third kappa shape index (κ3) is 4.81. The van der Waals surface area contributed by atoms with Gasteiger partial charge >= 0.3 is 0 Å². The lowest BCUT2D eigenvalue weighted by molar-refractivity contribution is -0.121. The Morgan fingerprint density at radius 2 is 1.90 bits per heavy atom. The van der Waals surface area contributed by atoms with Gasteiger partial charge in [0.1, 0.15) is 5.82 Å². The lowest BCUT2D eigenvalue weighted by Crippen LogP contribution is -2.37. The van der Waals surface area contributed by atoms with Crippen molar-refractivity contribution >= 4 is 23.2 Å². The third-order valence-electron chi connectivity index (χ3n) is 5.02. The summed E-state index contributed by atoms with van der Waals surface area (Å²) < 4.78 is 19.1. The smallest absolute Gasteiger partial charge is 0.241 e. The van der Waals surface area contributed by atoms with Gasteiger partial charge < -0.3 is 9.84 Å². The van der Waals surface area contributed by atoms with E-state index in [4.69, 9.17) is 16.1 Å². The molecular weight excluding hydrogens is 395 g/mol. The highest BCUT2D eigenvalue weighted by molar-refractivity contribution is 6.30. The van der Waals surface area contributed by atoms with Crippen molar-refractivity contribution in [1.29, 1.82) is 0 Å². The maximum Gasteiger partial charge on any atom is 0.241 e. The Labute approximate surface area is 172 Å². The van der Waals surface area contributed by atoms with Gasteiger partial charge in [-0.25, -0.2) is 4.39 Å². The number of rotatable bonds is 5. The SMILES string of the molecule is O=C(Nc1ccccc1F)C1CCN(Cc2nc(-c3ccc(Cl)cc3)no2)CC1. The number of likely N-dealkylation sites (tertiary alicyclic amines) is 1. The van der Waals surface area contributed by atoms with Crippen LogP contribution in [0.4, 0.5) is 10.1 Å². The Hall–Kier alpha value is -2.77. The molecule has 1 aliphatic rings. The zero-order valence-corrected chi connectivity index (χ0v) is 16.4. The predicted octanol–water partition coefficient (Wildman–Crippen LogP) is 4.38. The molecule has 0 aliphatic carbocycles. The zero-order chi connectivity index (χ0) is 20.2. The van der Waals surface area contributed by atoms with E-state index in [0.717, 1.165) is 18.7 Å². The number of carbonyl (C=O) groups is 1. The first-order chi connectivity index (χ1) is 14.1. The molecule has 1 fully saturated rings. The summed E-state index contributed by atoms with van der Waals surface area (Å²) >= 11 is 5.90. The van der Waals surface area contributed by atoms with Crippen molar-refractivity contribution in [3.05, 3.63) is 65.3 Å². The van der Waals surface area contributed by atoms with Gasteiger partial charge in [0.15, 0.2) is 0 Å². The molecule has 2 heterocycles.